The molecule has 0 aliphatic carbocycles. The Kier molecular flexibility index (Phi) is 4.03. The first-order chi connectivity index (χ1) is 9.09. The molecule has 0 spiro atoms. The highest BCUT2D eigenvalue weighted by Gasteiger charge is 2.13. The van der Waals surface area contributed by atoms with Gasteiger partial charge in [0.25, 0.3) is 0 Å². The molecule has 1 unspecified atom stereocenters. The van der Waals surface area contributed by atoms with Crippen LogP contribution in [0.4, 0.5) is 5.69 Å². The fourth-order valence-electron chi connectivity index (χ4n) is 1.98. The van der Waals surface area contributed by atoms with Crippen molar-refractivity contribution in [3.05, 3.63) is 72.3 Å². The van der Waals surface area contributed by atoms with E-state index < -0.39 is 6.10 Å². The molecule has 0 radical (unpaired) electrons. The Morgan fingerprint density at radius 1 is 1.05 bits per heavy atom. The minimum absolute atomic E-state index is 0.668. The van der Waals surface area contributed by atoms with Gasteiger partial charge in [-0.3, -0.25) is 0 Å². The zero-order valence-corrected chi connectivity index (χ0v) is 11.4. The third kappa shape index (κ3) is 3.04. The summed E-state index contributed by atoms with van der Waals surface area (Å²) in [6.45, 7) is 4.03. The molecule has 0 saturated heterocycles. The van der Waals surface area contributed by atoms with Gasteiger partial charge in [-0.1, -0.05) is 49.0 Å². The van der Waals surface area contributed by atoms with Gasteiger partial charge in [0.05, 0.1) is 0 Å². The van der Waals surface area contributed by atoms with Crippen LogP contribution in [0.5, 0.6) is 0 Å². The maximum absolute atomic E-state index is 10.4. The number of hydrogen-bond acceptors (Lipinski definition) is 2. The second-order valence-electron chi connectivity index (χ2n) is 4.78. The summed E-state index contributed by atoms with van der Waals surface area (Å²) in [4.78, 5) is 2.03. The molecule has 0 bridgehead atoms. The van der Waals surface area contributed by atoms with Gasteiger partial charge in [-0.25, -0.2) is 0 Å². The number of rotatable bonds is 4. The van der Waals surface area contributed by atoms with Crippen LogP contribution in [0.15, 0.2) is 61.2 Å². The monoisotopic (exact) mass is 253 g/mol. The van der Waals surface area contributed by atoms with Crippen molar-refractivity contribution in [1.29, 1.82) is 0 Å². The quantitative estimate of drug-likeness (QED) is 0.901. The van der Waals surface area contributed by atoms with E-state index in [0.29, 0.717) is 0 Å². The number of aliphatic hydroxyl groups excluding tert-OH is 1. The topological polar surface area (TPSA) is 23.5 Å². The predicted molar refractivity (Wildman–Crippen MR) is 81.2 cm³/mol. The van der Waals surface area contributed by atoms with Crippen molar-refractivity contribution >= 4 is 11.3 Å². The van der Waals surface area contributed by atoms with Crippen molar-refractivity contribution in [3.8, 4) is 0 Å². The molecule has 2 rings (SSSR count). The Labute approximate surface area is 114 Å². The third-order valence-corrected chi connectivity index (χ3v) is 3.18. The second-order valence-corrected chi connectivity index (χ2v) is 4.78. The number of nitrogens with zero attached hydrogens (tertiary/aromatic N) is 1. The van der Waals surface area contributed by atoms with E-state index in [1.54, 1.807) is 0 Å². The van der Waals surface area contributed by atoms with Gasteiger partial charge in [-0.2, -0.15) is 0 Å². The Morgan fingerprint density at radius 3 is 2.37 bits per heavy atom. The number of hydrogen-bond donors (Lipinski definition) is 1. The maximum atomic E-state index is 10.4. The fraction of sp³-hybridized carbons (Fsp3) is 0.176. The van der Waals surface area contributed by atoms with Gasteiger partial charge in [0.1, 0.15) is 6.10 Å². The van der Waals surface area contributed by atoms with Crippen LogP contribution in [-0.4, -0.2) is 19.2 Å². The van der Waals surface area contributed by atoms with Crippen LogP contribution in [0.1, 0.15) is 17.2 Å². The zero-order valence-electron chi connectivity index (χ0n) is 11.4. The molecular weight excluding hydrogens is 234 g/mol. The average molecular weight is 253 g/mol. The molecular formula is C17H19NO. The van der Waals surface area contributed by atoms with Gasteiger partial charge in [-0.05, 0) is 28.8 Å². The van der Waals surface area contributed by atoms with Gasteiger partial charge in [0.2, 0.25) is 0 Å². The average Bonchev–Trinajstić information content (AvgIpc) is 2.46. The predicted octanol–water partition coefficient (Wildman–Crippen LogP) is 3.50. The summed E-state index contributed by atoms with van der Waals surface area (Å²) < 4.78 is 0. The molecule has 0 saturated carbocycles. The van der Waals surface area contributed by atoms with E-state index in [2.05, 4.69) is 6.58 Å². The first-order valence-corrected chi connectivity index (χ1v) is 6.29. The highest BCUT2D eigenvalue weighted by molar-refractivity contribution is 5.71. The van der Waals surface area contributed by atoms with Crippen LogP contribution in [0.2, 0.25) is 0 Å². The summed E-state index contributed by atoms with van der Waals surface area (Å²) in [5.74, 6) is 0. The van der Waals surface area contributed by atoms with Crippen molar-refractivity contribution in [2.45, 2.75) is 6.10 Å². The van der Waals surface area contributed by atoms with Gasteiger partial charge >= 0.3 is 0 Å². The van der Waals surface area contributed by atoms with Gasteiger partial charge in [0.15, 0.2) is 0 Å². The van der Waals surface area contributed by atoms with Crippen LogP contribution in [-0.2, 0) is 0 Å². The van der Waals surface area contributed by atoms with E-state index in [4.69, 9.17) is 0 Å². The molecule has 0 aliphatic heterocycles. The lowest BCUT2D eigenvalue weighted by Gasteiger charge is -2.17. The fourth-order valence-corrected chi connectivity index (χ4v) is 1.98. The Balaban J connectivity index is 2.27. The molecule has 2 aromatic rings. The minimum atomic E-state index is -0.668. The maximum Gasteiger partial charge on any atom is 0.104 e. The van der Waals surface area contributed by atoms with Crippen molar-refractivity contribution < 1.29 is 5.11 Å². The Bertz CT molecular complexity index is 560. The SMILES string of the molecule is C=C(c1cccc(N(C)C)c1)C(O)c1ccccc1. The summed E-state index contributed by atoms with van der Waals surface area (Å²) in [7, 11) is 3.99. The minimum Gasteiger partial charge on any atom is -0.384 e. The molecule has 0 aliphatic rings. The Morgan fingerprint density at radius 2 is 1.74 bits per heavy atom. The van der Waals surface area contributed by atoms with Crippen molar-refractivity contribution in [2.75, 3.05) is 19.0 Å². The number of anilines is 1. The lowest BCUT2D eigenvalue weighted by molar-refractivity contribution is 0.238. The van der Waals surface area contributed by atoms with Gasteiger partial charge in [-0.15, -0.1) is 0 Å². The van der Waals surface area contributed by atoms with Gasteiger partial charge < -0.3 is 10.0 Å². The number of aliphatic hydroxyl groups is 1. The Hall–Kier alpha value is -2.06. The molecule has 2 heteroatoms. The smallest absolute Gasteiger partial charge is 0.104 e. The van der Waals surface area contributed by atoms with E-state index in [1.165, 1.54) is 0 Å². The summed E-state index contributed by atoms with van der Waals surface area (Å²) in [6.07, 6.45) is -0.668. The van der Waals surface area contributed by atoms with Crippen LogP contribution in [0.25, 0.3) is 5.57 Å². The molecule has 1 atom stereocenters. The van der Waals surface area contributed by atoms with E-state index >= 15 is 0 Å². The lowest BCUT2D eigenvalue weighted by Crippen LogP contribution is -2.09. The van der Waals surface area contributed by atoms with Crippen LogP contribution in [0, 0.1) is 0 Å². The van der Waals surface area contributed by atoms with E-state index in [1.807, 2.05) is 73.6 Å². The van der Waals surface area contributed by atoms with Crippen molar-refractivity contribution in [3.63, 3.8) is 0 Å². The summed E-state index contributed by atoms with van der Waals surface area (Å²) in [6, 6.07) is 17.6. The molecule has 0 heterocycles. The molecule has 0 aromatic heterocycles. The molecule has 98 valence electrons. The summed E-state index contributed by atoms with van der Waals surface area (Å²) >= 11 is 0. The standard InChI is InChI=1S/C17H19NO/c1-13(17(19)14-8-5-4-6-9-14)15-10-7-11-16(12-15)18(2)3/h4-12,17,19H,1H2,2-3H3. The van der Waals surface area contributed by atoms with Crippen LogP contribution >= 0.6 is 0 Å². The first-order valence-electron chi connectivity index (χ1n) is 6.29. The van der Waals surface area contributed by atoms with Crippen LogP contribution in [0.3, 0.4) is 0 Å². The normalized spacial score (nSPS) is 11.9. The third-order valence-electron chi connectivity index (χ3n) is 3.18. The molecule has 0 fully saturated rings. The van der Waals surface area contributed by atoms with Crippen molar-refractivity contribution in [2.24, 2.45) is 0 Å². The van der Waals surface area contributed by atoms with Gasteiger partial charge in [0, 0.05) is 19.8 Å². The van der Waals surface area contributed by atoms with Crippen LogP contribution < -0.4 is 4.90 Å². The molecule has 1 N–H and O–H groups in total. The molecule has 2 nitrogen and oxygen atoms in total. The van der Waals surface area contributed by atoms with Crippen molar-refractivity contribution in [1.82, 2.24) is 0 Å². The second kappa shape index (κ2) is 5.72. The highest BCUT2D eigenvalue weighted by atomic mass is 16.3. The summed E-state index contributed by atoms with van der Waals surface area (Å²) in [5, 5.41) is 10.4. The largest absolute Gasteiger partial charge is 0.384 e. The number of benzene rings is 2. The zero-order chi connectivity index (χ0) is 13.8. The van der Waals surface area contributed by atoms with E-state index in [-0.39, 0.29) is 0 Å². The molecule has 0 amide bonds. The summed E-state index contributed by atoms with van der Waals surface area (Å²) in [5.41, 5.74) is 3.64. The highest BCUT2D eigenvalue weighted by Crippen LogP contribution is 2.29. The molecule has 2 aromatic carbocycles. The lowest BCUT2D eigenvalue weighted by atomic mass is 9.96. The van der Waals surface area contributed by atoms with E-state index in [9.17, 15) is 5.11 Å². The van der Waals surface area contributed by atoms with E-state index in [0.717, 1.165) is 22.4 Å². The first kappa shape index (κ1) is 13.4. The molecule has 19 heavy (non-hydrogen) atoms.